The highest BCUT2D eigenvalue weighted by Gasteiger charge is 2.22. The molecular formula is C16H20N3O2+. The fourth-order valence-corrected chi connectivity index (χ4v) is 2.28. The molecule has 2 atom stereocenters. The molecule has 2 aromatic rings. The Balaban J connectivity index is 2.08. The molecule has 0 saturated carbocycles. The van der Waals surface area contributed by atoms with Gasteiger partial charge in [-0.2, -0.15) is 0 Å². The fraction of sp³-hybridized carbons (Fsp3) is 0.250. The van der Waals surface area contributed by atoms with E-state index in [1.807, 2.05) is 19.2 Å². The van der Waals surface area contributed by atoms with Crippen LogP contribution in [0.1, 0.15) is 12.5 Å². The normalized spacial score (nSPS) is 13.6. The quantitative estimate of drug-likeness (QED) is 0.762. The third-order valence-electron chi connectivity index (χ3n) is 3.68. The van der Waals surface area contributed by atoms with Crippen LogP contribution in [0, 0.1) is 0 Å². The summed E-state index contributed by atoms with van der Waals surface area (Å²) in [5.41, 5.74) is 6.11. The van der Waals surface area contributed by atoms with Crippen LogP contribution in [0.2, 0.25) is 0 Å². The maximum absolute atomic E-state index is 11.8. The summed E-state index contributed by atoms with van der Waals surface area (Å²) in [5, 5.41) is 4.49. The lowest BCUT2D eigenvalue weighted by atomic mass is 10.1. The summed E-state index contributed by atoms with van der Waals surface area (Å²) in [6, 6.07) is 13.2. The zero-order valence-electron chi connectivity index (χ0n) is 12.2. The van der Waals surface area contributed by atoms with Gasteiger partial charge in [0.15, 0.2) is 6.04 Å². The first kappa shape index (κ1) is 15.0. The van der Waals surface area contributed by atoms with Gasteiger partial charge in [0.2, 0.25) is 0 Å². The zero-order valence-corrected chi connectivity index (χ0v) is 12.2. The van der Waals surface area contributed by atoms with E-state index in [1.54, 1.807) is 6.92 Å². The topological polar surface area (TPSA) is 76.6 Å². The highest BCUT2D eigenvalue weighted by atomic mass is 16.2. The largest absolute Gasteiger partial charge is 0.351 e. The number of benzene rings is 2. The number of nitrogens with one attached hydrogen (secondary N) is 2. The van der Waals surface area contributed by atoms with E-state index >= 15 is 0 Å². The molecule has 0 bridgehead atoms. The van der Waals surface area contributed by atoms with Gasteiger partial charge in [0, 0.05) is 5.56 Å². The number of fused-ring (bicyclic) bond motifs is 1. The SMILES string of the molecule is C[C@@H](C(=O)NC(N)=O)[NH+](C)Cc1ccc2ccccc2c1. The molecule has 0 spiro atoms. The van der Waals surface area contributed by atoms with Crippen LogP contribution in [0.5, 0.6) is 0 Å². The molecule has 0 aliphatic carbocycles. The molecule has 0 radical (unpaired) electrons. The first-order chi connectivity index (χ1) is 9.97. The molecule has 3 amide bonds. The summed E-state index contributed by atoms with van der Waals surface area (Å²) in [5.74, 6) is -0.360. The molecule has 1 unspecified atom stereocenters. The number of likely N-dealkylation sites (N-methyl/N-ethyl adjacent to an activating group) is 1. The first-order valence-electron chi connectivity index (χ1n) is 6.87. The Morgan fingerprint density at radius 3 is 2.52 bits per heavy atom. The van der Waals surface area contributed by atoms with E-state index in [0.29, 0.717) is 6.54 Å². The van der Waals surface area contributed by atoms with Gasteiger partial charge in [-0.25, -0.2) is 4.79 Å². The standard InChI is InChI=1S/C16H19N3O2/c1-11(15(20)18-16(17)21)19(2)10-12-7-8-13-5-3-4-6-14(13)9-12/h3-9,11H,10H2,1-2H3,(H3,17,18,20,21)/p+1/t11-/m0/s1. The number of quaternary nitrogens is 1. The molecule has 0 fully saturated rings. The Kier molecular flexibility index (Phi) is 4.55. The summed E-state index contributed by atoms with van der Waals surface area (Å²) in [6.45, 7) is 2.47. The summed E-state index contributed by atoms with van der Waals surface area (Å²) >= 11 is 0. The molecule has 0 aromatic heterocycles. The highest BCUT2D eigenvalue weighted by Crippen LogP contribution is 2.14. The van der Waals surface area contributed by atoms with Crippen molar-refractivity contribution < 1.29 is 14.5 Å². The number of imide groups is 1. The van der Waals surface area contributed by atoms with Gasteiger partial charge in [-0.3, -0.25) is 10.1 Å². The number of urea groups is 1. The van der Waals surface area contributed by atoms with Crippen LogP contribution in [0.25, 0.3) is 10.8 Å². The molecule has 2 aromatic carbocycles. The Bertz CT molecular complexity index is 669. The Morgan fingerprint density at radius 2 is 1.86 bits per heavy atom. The van der Waals surface area contributed by atoms with Gasteiger partial charge >= 0.3 is 6.03 Å². The second-order valence-corrected chi connectivity index (χ2v) is 5.28. The molecule has 0 saturated heterocycles. The second-order valence-electron chi connectivity index (χ2n) is 5.28. The number of carbonyl (C=O) groups is 2. The van der Waals surface area contributed by atoms with Gasteiger partial charge < -0.3 is 10.6 Å². The predicted molar refractivity (Wildman–Crippen MR) is 81.7 cm³/mol. The van der Waals surface area contributed by atoms with Crippen LogP contribution in [0.15, 0.2) is 42.5 Å². The average Bonchev–Trinajstić information content (AvgIpc) is 2.45. The van der Waals surface area contributed by atoms with Crippen molar-refractivity contribution in [3.8, 4) is 0 Å². The minimum Gasteiger partial charge on any atom is -0.351 e. The number of carbonyl (C=O) groups excluding carboxylic acids is 2. The van der Waals surface area contributed by atoms with Crippen LogP contribution < -0.4 is 16.0 Å². The lowest BCUT2D eigenvalue weighted by molar-refractivity contribution is -0.908. The van der Waals surface area contributed by atoms with E-state index < -0.39 is 6.03 Å². The van der Waals surface area contributed by atoms with Gasteiger partial charge in [-0.15, -0.1) is 0 Å². The van der Waals surface area contributed by atoms with Crippen LogP contribution in [-0.2, 0) is 11.3 Å². The van der Waals surface area contributed by atoms with Crippen molar-refractivity contribution in [2.75, 3.05) is 7.05 Å². The van der Waals surface area contributed by atoms with E-state index in [-0.39, 0.29) is 11.9 Å². The third-order valence-corrected chi connectivity index (χ3v) is 3.68. The third kappa shape index (κ3) is 3.79. The van der Waals surface area contributed by atoms with Gasteiger partial charge in [0.1, 0.15) is 6.54 Å². The predicted octanol–water partition coefficient (Wildman–Crippen LogP) is 0.438. The lowest BCUT2D eigenvalue weighted by Crippen LogP contribution is -3.12. The van der Waals surface area contributed by atoms with Crippen molar-refractivity contribution in [1.29, 1.82) is 0 Å². The number of rotatable bonds is 4. The van der Waals surface area contributed by atoms with Crippen LogP contribution >= 0.6 is 0 Å². The zero-order chi connectivity index (χ0) is 15.4. The number of hydrogen-bond acceptors (Lipinski definition) is 2. The Morgan fingerprint density at radius 1 is 1.19 bits per heavy atom. The summed E-state index contributed by atoms with van der Waals surface area (Å²) in [6.07, 6.45) is 0. The Hall–Kier alpha value is -2.40. The van der Waals surface area contributed by atoms with Crippen molar-refractivity contribution in [1.82, 2.24) is 5.32 Å². The Labute approximate surface area is 123 Å². The van der Waals surface area contributed by atoms with Crippen LogP contribution in [0.3, 0.4) is 0 Å². The highest BCUT2D eigenvalue weighted by molar-refractivity contribution is 5.95. The van der Waals surface area contributed by atoms with Crippen molar-refractivity contribution in [2.24, 2.45) is 5.73 Å². The van der Waals surface area contributed by atoms with Crippen molar-refractivity contribution in [3.05, 3.63) is 48.0 Å². The molecule has 5 heteroatoms. The maximum Gasteiger partial charge on any atom is 0.319 e. The van der Waals surface area contributed by atoms with Gasteiger partial charge in [-0.05, 0) is 23.8 Å². The molecular weight excluding hydrogens is 266 g/mol. The van der Waals surface area contributed by atoms with E-state index in [1.165, 1.54) is 10.8 Å². The molecule has 2 rings (SSSR count). The number of nitrogens with two attached hydrogens (primary N) is 1. The molecule has 21 heavy (non-hydrogen) atoms. The molecule has 0 heterocycles. The van der Waals surface area contributed by atoms with E-state index in [4.69, 9.17) is 5.73 Å². The number of hydrogen-bond donors (Lipinski definition) is 3. The minimum absolute atomic E-state index is 0.357. The number of primary amides is 1. The molecule has 110 valence electrons. The van der Waals surface area contributed by atoms with Crippen molar-refractivity contribution >= 4 is 22.7 Å². The van der Waals surface area contributed by atoms with E-state index in [9.17, 15) is 9.59 Å². The molecule has 4 N–H and O–H groups in total. The summed E-state index contributed by atoms with van der Waals surface area (Å²) < 4.78 is 0. The van der Waals surface area contributed by atoms with E-state index in [0.717, 1.165) is 10.5 Å². The summed E-state index contributed by atoms with van der Waals surface area (Å²) in [4.78, 5) is 23.5. The van der Waals surface area contributed by atoms with E-state index in [2.05, 4.69) is 35.6 Å². The lowest BCUT2D eigenvalue weighted by Gasteiger charge is -2.20. The smallest absolute Gasteiger partial charge is 0.319 e. The maximum atomic E-state index is 11.8. The monoisotopic (exact) mass is 286 g/mol. The first-order valence-corrected chi connectivity index (χ1v) is 6.87. The second kappa shape index (κ2) is 6.37. The van der Waals surface area contributed by atoms with Crippen LogP contribution in [-0.4, -0.2) is 25.0 Å². The van der Waals surface area contributed by atoms with Gasteiger partial charge in [0.05, 0.1) is 7.05 Å². The van der Waals surface area contributed by atoms with Crippen molar-refractivity contribution in [3.63, 3.8) is 0 Å². The van der Waals surface area contributed by atoms with Crippen LogP contribution in [0.4, 0.5) is 4.79 Å². The van der Waals surface area contributed by atoms with Gasteiger partial charge in [0.25, 0.3) is 5.91 Å². The van der Waals surface area contributed by atoms with Gasteiger partial charge in [-0.1, -0.05) is 36.4 Å². The molecule has 0 aliphatic heterocycles. The fourth-order valence-electron chi connectivity index (χ4n) is 2.28. The molecule has 5 nitrogen and oxygen atoms in total. The average molecular weight is 286 g/mol. The van der Waals surface area contributed by atoms with Crippen molar-refractivity contribution in [2.45, 2.75) is 19.5 Å². The summed E-state index contributed by atoms with van der Waals surface area (Å²) in [7, 11) is 1.92. The molecule has 0 aliphatic rings. The number of amides is 3. The minimum atomic E-state index is -0.814.